The Morgan fingerprint density at radius 3 is 2.25 bits per heavy atom. The minimum Gasteiger partial charge on any atom is -0.384 e. The van der Waals surface area contributed by atoms with E-state index in [0.717, 1.165) is 43.1 Å². The van der Waals surface area contributed by atoms with E-state index >= 15 is 0 Å². The number of hydrogen-bond acceptors (Lipinski definition) is 4. The molecule has 0 aromatic carbocycles. The van der Waals surface area contributed by atoms with Crippen LogP contribution in [-0.4, -0.2) is 35.5 Å². The highest BCUT2D eigenvalue weighted by atomic mass is 32.2. The number of nitrogens with zero attached hydrogens (tertiary/aromatic N) is 1. The molecule has 0 rings (SSSR count). The molecule has 0 aromatic heterocycles. The van der Waals surface area contributed by atoms with Crippen molar-refractivity contribution in [1.29, 1.82) is 0 Å². The number of rotatable bonds is 10. The van der Waals surface area contributed by atoms with E-state index in [0.29, 0.717) is 0 Å². The summed E-state index contributed by atoms with van der Waals surface area (Å²) in [4.78, 5) is 3.49. The molecule has 0 aromatic rings. The summed E-state index contributed by atoms with van der Waals surface area (Å²) in [6.45, 7) is 18.2. The standard InChI is InChI=1S/C16H32N2S2/c1-8-11-17-13(4)14(18(10-3)12-9-2)15(19)16(5,6)20-7/h17,19H,4,8-12H2,1-3,5-7H3/b15-14-. The van der Waals surface area contributed by atoms with Crippen LogP contribution in [0.1, 0.15) is 47.5 Å². The Labute approximate surface area is 135 Å². The molecule has 0 aliphatic carbocycles. The van der Waals surface area contributed by atoms with Crippen molar-refractivity contribution in [2.45, 2.75) is 52.2 Å². The van der Waals surface area contributed by atoms with Gasteiger partial charge in [0.15, 0.2) is 0 Å². The van der Waals surface area contributed by atoms with E-state index in [1.807, 2.05) is 11.8 Å². The first-order chi connectivity index (χ1) is 9.35. The summed E-state index contributed by atoms with van der Waals surface area (Å²) < 4.78 is -0.00353. The Morgan fingerprint density at radius 1 is 1.25 bits per heavy atom. The molecule has 0 saturated heterocycles. The van der Waals surface area contributed by atoms with Crippen LogP contribution in [0.4, 0.5) is 0 Å². The predicted octanol–water partition coefficient (Wildman–Crippen LogP) is 4.51. The first-order valence-corrected chi connectivity index (χ1v) is 9.19. The maximum absolute atomic E-state index is 4.85. The van der Waals surface area contributed by atoms with Crippen LogP contribution >= 0.6 is 24.4 Å². The molecule has 1 N–H and O–H groups in total. The second kappa shape index (κ2) is 9.67. The van der Waals surface area contributed by atoms with E-state index in [-0.39, 0.29) is 4.75 Å². The topological polar surface area (TPSA) is 15.3 Å². The molecule has 0 aliphatic heterocycles. The molecule has 0 atom stereocenters. The zero-order valence-electron chi connectivity index (χ0n) is 14.0. The van der Waals surface area contributed by atoms with Gasteiger partial charge in [-0.25, -0.2) is 0 Å². The maximum atomic E-state index is 4.85. The van der Waals surface area contributed by atoms with Crippen LogP contribution in [0.15, 0.2) is 22.9 Å². The van der Waals surface area contributed by atoms with Gasteiger partial charge in [-0.3, -0.25) is 0 Å². The summed E-state index contributed by atoms with van der Waals surface area (Å²) in [6.07, 6.45) is 4.35. The number of thiol groups is 1. The van der Waals surface area contributed by atoms with Gasteiger partial charge in [0.25, 0.3) is 0 Å². The van der Waals surface area contributed by atoms with Gasteiger partial charge in [0.1, 0.15) is 0 Å². The molecule has 2 nitrogen and oxygen atoms in total. The van der Waals surface area contributed by atoms with E-state index in [9.17, 15) is 0 Å². The third kappa shape index (κ3) is 5.65. The number of hydrogen-bond donors (Lipinski definition) is 2. The molecule has 20 heavy (non-hydrogen) atoms. The second-order valence-corrected chi connectivity index (χ2v) is 7.27. The van der Waals surface area contributed by atoms with E-state index in [2.05, 4.69) is 57.7 Å². The van der Waals surface area contributed by atoms with Gasteiger partial charge in [-0.05, 0) is 39.9 Å². The van der Waals surface area contributed by atoms with Crippen molar-refractivity contribution < 1.29 is 0 Å². The highest BCUT2D eigenvalue weighted by molar-refractivity contribution is 8.01. The smallest absolute Gasteiger partial charge is 0.0703 e. The first kappa shape index (κ1) is 19.8. The predicted molar refractivity (Wildman–Crippen MR) is 98.6 cm³/mol. The van der Waals surface area contributed by atoms with Gasteiger partial charge >= 0.3 is 0 Å². The van der Waals surface area contributed by atoms with Crippen molar-refractivity contribution in [2.75, 3.05) is 25.9 Å². The van der Waals surface area contributed by atoms with E-state index in [1.165, 1.54) is 5.70 Å². The first-order valence-electron chi connectivity index (χ1n) is 7.52. The van der Waals surface area contributed by atoms with Crippen molar-refractivity contribution in [2.24, 2.45) is 0 Å². The van der Waals surface area contributed by atoms with Gasteiger partial charge in [-0.15, -0.1) is 12.6 Å². The lowest BCUT2D eigenvalue weighted by atomic mass is 10.1. The zero-order chi connectivity index (χ0) is 15.8. The number of nitrogens with one attached hydrogen (secondary N) is 1. The lowest BCUT2D eigenvalue weighted by Crippen LogP contribution is -2.32. The fraction of sp³-hybridized carbons (Fsp3) is 0.750. The summed E-state index contributed by atoms with van der Waals surface area (Å²) in [5.74, 6) is 0. The molecular weight excluding hydrogens is 284 g/mol. The third-order valence-electron chi connectivity index (χ3n) is 3.37. The lowest BCUT2D eigenvalue weighted by Gasteiger charge is -2.34. The van der Waals surface area contributed by atoms with Crippen LogP contribution in [0.5, 0.6) is 0 Å². The Morgan fingerprint density at radius 2 is 1.85 bits per heavy atom. The largest absolute Gasteiger partial charge is 0.384 e. The molecule has 4 heteroatoms. The molecule has 0 unspecified atom stereocenters. The zero-order valence-corrected chi connectivity index (χ0v) is 15.8. The van der Waals surface area contributed by atoms with Gasteiger partial charge in [0, 0.05) is 29.3 Å². The van der Waals surface area contributed by atoms with Gasteiger partial charge in [-0.1, -0.05) is 20.4 Å². The number of thioether (sulfide) groups is 1. The van der Waals surface area contributed by atoms with Crippen LogP contribution in [0.25, 0.3) is 0 Å². The van der Waals surface area contributed by atoms with E-state index in [1.54, 1.807) is 0 Å². The fourth-order valence-electron chi connectivity index (χ4n) is 1.92. The SMILES string of the molecule is C=C(NCCC)/C(=C(/S)C(C)(C)SC)N(CC)CCC. The summed E-state index contributed by atoms with van der Waals surface area (Å²) in [5.41, 5.74) is 2.17. The number of likely N-dealkylation sites (N-methyl/N-ethyl adjacent to an activating group) is 1. The minimum absolute atomic E-state index is 0.00353. The van der Waals surface area contributed by atoms with E-state index in [4.69, 9.17) is 12.6 Å². The van der Waals surface area contributed by atoms with Crippen LogP contribution in [0.2, 0.25) is 0 Å². The average molecular weight is 317 g/mol. The molecule has 0 bridgehead atoms. The molecule has 0 spiro atoms. The van der Waals surface area contributed by atoms with Gasteiger partial charge in [-0.2, -0.15) is 11.8 Å². The Balaban J connectivity index is 5.55. The third-order valence-corrected chi connectivity index (χ3v) is 5.52. The minimum atomic E-state index is -0.00353. The summed E-state index contributed by atoms with van der Waals surface area (Å²) in [6, 6.07) is 0. The average Bonchev–Trinajstić information content (AvgIpc) is 2.43. The molecule has 0 amide bonds. The fourth-order valence-corrected chi connectivity index (χ4v) is 2.76. The second-order valence-electron chi connectivity index (χ2n) is 5.40. The molecule has 0 heterocycles. The Kier molecular flexibility index (Phi) is 9.56. The van der Waals surface area contributed by atoms with Crippen molar-refractivity contribution in [1.82, 2.24) is 10.2 Å². The molecule has 0 radical (unpaired) electrons. The molecule has 0 saturated carbocycles. The van der Waals surface area contributed by atoms with Crippen molar-refractivity contribution in [3.05, 3.63) is 22.9 Å². The molecule has 118 valence electrons. The molecular formula is C16H32N2S2. The lowest BCUT2D eigenvalue weighted by molar-refractivity contribution is 0.361. The summed E-state index contributed by atoms with van der Waals surface area (Å²) >= 11 is 6.67. The van der Waals surface area contributed by atoms with E-state index < -0.39 is 0 Å². The van der Waals surface area contributed by atoms with Crippen molar-refractivity contribution in [3.63, 3.8) is 0 Å². The Hall–Kier alpha value is -0.220. The maximum Gasteiger partial charge on any atom is 0.0703 e. The van der Waals surface area contributed by atoms with Crippen molar-refractivity contribution >= 4 is 24.4 Å². The normalized spacial score (nSPS) is 12.9. The van der Waals surface area contributed by atoms with Crippen molar-refractivity contribution in [3.8, 4) is 0 Å². The van der Waals surface area contributed by atoms with Gasteiger partial charge in [0.05, 0.1) is 11.4 Å². The summed E-state index contributed by atoms with van der Waals surface area (Å²) in [7, 11) is 0. The van der Waals surface area contributed by atoms with Crippen LogP contribution < -0.4 is 5.32 Å². The van der Waals surface area contributed by atoms with Crippen LogP contribution in [0.3, 0.4) is 0 Å². The van der Waals surface area contributed by atoms with Crippen LogP contribution in [-0.2, 0) is 0 Å². The Bertz CT molecular complexity index is 335. The summed E-state index contributed by atoms with van der Waals surface area (Å²) in [5, 5.41) is 3.43. The quantitative estimate of drug-likeness (QED) is 0.455. The highest BCUT2D eigenvalue weighted by Crippen LogP contribution is 2.37. The van der Waals surface area contributed by atoms with Crippen LogP contribution in [0, 0.1) is 0 Å². The van der Waals surface area contributed by atoms with Gasteiger partial charge < -0.3 is 10.2 Å². The monoisotopic (exact) mass is 316 g/mol. The molecule has 0 fully saturated rings. The van der Waals surface area contributed by atoms with Gasteiger partial charge in [0.2, 0.25) is 0 Å². The molecule has 0 aliphatic rings. The highest BCUT2D eigenvalue weighted by Gasteiger charge is 2.26.